The average Bonchev–Trinajstić information content (AvgIpc) is 2.87. The van der Waals surface area contributed by atoms with E-state index in [0.29, 0.717) is 10.0 Å². The number of nitrogens with one attached hydrogen (secondary N) is 1. The standard InChI is InChI=1S/C20H22BrFN2O/c21-17-9-10-19(18(22)13-17)23-20(25)16-7-5-15(6-8-16)14-24-11-3-1-2-4-12-24/h5-10,13H,1-4,11-12,14H2,(H,23,25). The monoisotopic (exact) mass is 404 g/mol. The number of hydrogen-bond donors (Lipinski definition) is 1. The van der Waals surface area contributed by atoms with Crippen molar-refractivity contribution in [2.24, 2.45) is 0 Å². The van der Waals surface area contributed by atoms with Gasteiger partial charge in [-0.05, 0) is 61.8 Å². The van der Waals surface area contributed by atoms with E-state index in [4.69, 9.17) is 0 Å². The third-order valence-electron chi connectivity index (χ3n) is 4.50. The molecule has 132 valence electrons. The molecule has 0 aliphatic carbocycles. The number of carbonyl (C=O) groups is 1. The maximum atomic E-state index is 13.8. The minimum absolute atomic E-state index is 0.182. The first kappa shape index (κ1) is 18.1. The van der Waals surface area contributed by atoms with Gasteiger partial charge in [0, 0.05) is 16.6 Å². The highest BCUT2D eigenvalue weighted by molar-refractivity contribution is 9.10. The fourth-order valence-electron chi connectivity index (χ4n) is 3.10. The Labute approximate surface area is 156 Å². The minimum Gasteiger partial charge on any atom is -0.319 e. The molecule has 0 spiro atoms. The molecule has 1 aliphatic rings. The van der Waals surface area contributed by atoms with Crippen LogP contribution in [0.5, 0.6) is 0 Å². The van der Waals surface area contributed by atoms with Crippen molar-refractivity contribution in [1.82, 2.24) is 4.90 Å². The predicted octanol–water partition coefficient (Wildman–Crippen LogP) is 5.22. The van der Waals surface area contributed by atoms with E-state index in [-0.39, 0.29) is 11.6 Å². The molecule has 1 N–H and O–H groups in total. The summed E-state index contributed by atoms with van der Waals surface area (Å²) in [6, 6.07) is 12.2. The molecule has 0 unspecified atom stereocenters. The van der Waals surface area contributed by atoms with Gasteiger partial charge in [-0.2, -0.15) is 0 Å². The SMILES string of the molecule is O=C(Nc1ccc(Br)cc1F)c1ccc(CN2CCCCCC2)cc1. The number of benzene rings is 2. The van der Waals surface area contributed by atoms with E-state index in [9.17, 15) is 9.18 Å². The third kappa shape index (κ3) is 5.13. The Morgan fingerprint density at radius 3 is 2.36 bits per heavy atom. The van der Waals surface area contributed by atoms with Crippen molar-refractivity contribution in [3.8, 4) is 0 Å². The summed E-state index contributed by atoms with van der Waals surface area (Å²) in [6.07, 6.45) is 5.17. The molecule has 1 amide bonds. The van der Waals surface area contributed by atoms with Crippen LogP contribution in [0.1, 0.15) is 41.6 Å². The Kier molecular flexibility index (Phi) is 6.21. The summed E-state index contributed by atoms with van der Waals surface area (Å²) in [5, 5.41) is 2.62. The van der Waals surface area contributed by atoms with Crippen molar-refractivity contribution in [2.75, 3.05) is 18.4 Å². The third-order valence-corrected chi connectivity index (χ3v) is 4.99. The Morgan fingerprint density at radius 1 is 1.04 bits per heavy atom. The Hall–Kier alpha value is -1.72. The molecule has 2 aromatic carbocycles. The molecule has 2 aromatic rings. The van der Waals surface area contributed by atoms with E-state index in [1.54, 1.807) is 24.3 Å². The summed E-state index contributed by atoms with van der Waals surface area (Å²) in [7, 11) is 0. The average molecular weight is 405 g/mol. The smallest absolute Gasteiger partial charge is 0.255 e. The van der Waals surface area contributed by atoms with Crippen molar-refractivity contribution >= 4 is 27.5 Å². The van der Waals surface area contributed by atoms with Crippen LogP contribution in [0.2, 0.25) is 0 Å². The first-order valence-electron chi connectivity index (χ1n) is 8.69. The number of rotatable bonds is 4. The van der Waals surface area contributed by atoms with Crippen LogP contribution in [-0.2, 0) is 6.54 Å². The molecule has 0 atom stereocenters. The van der Waals surface area contributed by atoms with Gasteiger partial charge < -0.3 is 5.32 Å². The van der Waals surface area contributed by atoms with Gasteiger partial charge in [0.15, 0.2) is 0 Å². The summed E-state index contributed by atoms with van der Waals surface area (Å²) < 4.78 is 14.5. The number of halogens is 2. The number of nitrogens with zero attached hydrogens (tertiary/aromatic N) is 1. The first-order valence-corrected chi connectivity index (χ1v) is 9.49. The lowest BCUT2D eigenvalue weighted by Crippen LogP contribution is -2.24. The molecule has 3 nitrogen and oxygen atoms in total. The molecule has 5 heteroatoms. The predicted molar refractivity (Wildman–Crippen MR) is 102 cm³/mol. The Bertz CT molecular complexity index is 725. The maximum absolute atomic E-state index is 13.8. The summed E-state index contributed by atoms with van der Waals surface area (Å²) in [4.78, 5) is 14.8. The highest BCUT2D eigenvalue weighted by atomic mass is 79.9. The molecular weight excluding hydrogens is 383 g/mol. The van der Waals surface area contributed by atoms with Gasteiger partial charge in [-0.1, -0.05) is 40.9 Å². The number of amides is 1. The second-order valence-corrected chi connectivity index (χ2v) is 7.38. The van der Waals surface area contributed by atoms with Crippen LogP contribution in [0.4, 0.5) is 10.1 Å². The van der Waals surface area contributed by atoms with Crippen LogP contribution in [0.25, 0.3) is 0 Å². The van der Waals surface area contributed by atoms with Gasteiger partial charge in [0.2, 0.25) is 0 Å². The number of likely N-dealkylation sites (tertiary alicyclic amines) is 1. The van der Waals surface area contributed by atoms with E-state index in [1.165, 1.54) is 37.3 Å². The zero-order chi connectivity index (χ0) is 17.6. The molecule has 1 fully saturated rings. The van der Waals surface area contributed by atoms with Gasteiger partial charge in [0.05, 0.1) is 5.69 Å². The molecule has 0 bridgehead atoms. The second-order valence-electron chi connectivity index (χ2n) is 6.47. The molecule has 0 saturated carbocycles. The van der Waals surface area contributed by atoms with E-state index in [2.05, 4.69) is 26.1 Å². The molecule has 1 aliphatic heterocycles. The summed E-state index contributed by atoms with van der Waals surface area (Å²) in [5.41, 5.74) is 1.91. The lowest BCUT2D eigenvalue weighted by Gasteiger charge is -2.19. The lowest BCUT2D eigenvalue weighted by atomic mass is 10.1. The van der Waals surface area contributed by atoms with Crippen LogP contribution in [0.3, 0.4) is 0 Å². The van der Waals surface area contributed by atoms with Crippen LogP contribution in [-0.4, -0.2) is 23.9 Å². The normalized spacial score (nSPS) is 15.6. The second kappa shape index (κ2) is 8.59. The molecule has 0 aromatic heterocycles. The highest BCUT2D eigenvalue weighted by Crippen LogP contribution is 2.20. The maximum Gasteiger partial charge on any atom is 0.255 e. The van der Waals surface area contributed by atoms with Gasteiger partial charge in [-0.25, -0.2) is 4.39 Å². The zero-order valence-corrected chi connectivity index (χ0v) is 15.7. The summed E-state index contributed by atoms with van der Waals surface area (Å²) >= 11 is 3.20. The molecule has 3 rings (SSSR count). The Balaban J connectivity index is 1.62. The van der Waals surface area contributed by atoms with E-state index >= 15 is 0 Å². The molecular formula is C20H22BrFN2O. The summed E-state index contributed by atoms with van der Waals surface area (Å²) in [6.45, 7) is 3.21. The van der Waals surface area contributed by atoms with Crippen LogP contribution in [0, 0.1) is 5.82 Å². The van der Waals surface area contributed by atoms with Gasteiger partial charge >= 0.3 is 0 Å². The van der Waals surface area contributed by atoms with Crippen molar-refractivity contribution < 1.29 is 9.18 Å². The largest absolute Gasteiger partial charge is 0.319 e. The van der Waals surface area contributed by atoms with Gasteiger partial charge in [0.25, 0.3) is 5.91 Å². The lowest BCUT2D eigenvalue weighted by molar-refractivity contribution is 0.102. The van der Waals surface area contributed by atoms with Crippen molar-refractivity contribution in [3.05, 3.63) is 63.9 Å². The number of anilines is 1. The minimum atomic E-state index is -0.458. The number of hydrogen-bond acceptors (Lipinski definition) is 2. The van der Waals surface area contributed by atoms with Crippen molar-refractivity contribution in [2.45, 2.75) is 32.2 Å². The molecule has 0 radical (unpaired) electrons. The Morgan fingerprint density at radius 2 is 1.72 bits per heavy atom. The molecule has 25 heavy (non-hydrogen) atoms. The van der Waals surface area contributed by atoms with Crippen LogP contribution >= 0.6 is 15.9 Å². The fraction of sp³-hybridized carbons (Fsp3) is 0.350. The van der Waals surface area contributed by atoms with E-state index in [0.717, 1.165) is 19.6 Å². The van der Waals surface area contributed by atoms with Crippen molar-refractivity contribution in [3.63, 3.8) is 0 Å². The molecule has 1 heterocycles. The number of carbonyl (C=O) groups excluding carboxylic acids is 1. The van der Waals surface area contributed by atoms with E-state index < -0.39 is 5.82 Å². The van der Waals surface area contributed by atoms with Gasteiger partial charge in [-0.3, -0.25) is 9.69 Å². The highest BCUT2D eigenvalue weighted by Gasteiger charge is 2.12. The fourth-order valence-corrected chi connectivity index (χ4v) is 3.43. The van der Waals surface area contributed by atoms with E-state index in [1.807, 2.05) is 12.1 Å². The first-order chi connectivity index (χ1) is 12.1. The molecule has 1 saturated heterocycles. The quantitative estimate of drug-likeness (QED) is 0.757. The van der Waals surface area contributed by atoms with Crippen LogP contribution in [0.15, 0.2) is 46.9 Å². The summed E-state index contributed by atoms with van der Waals surface area (Å²) in [5.74, 6) is -0.761. The van der Waals surface area contributed by atoms with Gasteiger partial charge in [-0.15, -0.1) is 0 Å². The zero-order valence-electron chi connectivity index (χ0n) is 14.1. The topological polar surface area (TPSA) is 32.3 Å². The van der Waals surface area contributed by atoms with Gasteiger partial charge in [0.1, 0.15) is 5.82 Å². The van der Waals surface area contributed by atoms with Crippen LogP contribution < -0.4 is 5.32 Å². The van der Waals surface area contributed by atoms with Crippen molar-refractivity contribution in [1.29, 1.82) is 0 Å².